The molecule has 1 aliphatic heterocycles. The van der Waals surface area contributed by atoms with E-state index in [4.69, 9.17) is 4.74 Å². The summed E-state index contributed by atoms with van der Waals surface area (Å²) in [7, 11) is 0. The standard InChI is InChI=1S/C18H19FN4O2S/c19-14-3-1-13(2-4-14)15-11-23-16(12-26-18(23)21-15)17(24)20-5-6-22-7-9-25-10-8-22/h1-4,11-12H,5-10H2,(H,20,24). The van der Waals surface area contributed by atoms with Crippen molar-refractivity contribution >= 4 is 22.2 Å². The molecule has 1 N–H and O–H groups in total. The van der Waals surface area contributed by atoms with E-state index in [9.17, 15) is 9.18 Å². The van der Waals surface area contributed by atoms with Crippen molar-refractivity contribution in [3.05, 3.63) is 47.4 Å². The van der Waals surface area contributed by atoms with Crippen LogP contribution in [-0.4, -0.2) is 59.6 Å². The Hall–Kier alpha value is -2.29. The third-order valence-corrected chi connectivity index (χ3v) is 5.24. The molecule has 1 fully saturated rings. The first-order valence-electron chi connectivity index (χ1n) is 8.51. The number of hydrogen-bond acceptors (Lipinski definition) is 5. The summed E-state index contributed by atoms with van der Waals surface area (Å²) in [5.41, 5.74) is 2.10. The van der Waals surface area contributed by atoms with E-state index in [2.05, 4.69) is 15.2 Å². The van der Waals surface area contributed by atoms with Gasteiger partial charge in [0.15, 0.2) is 4.96 Å². The Morgan fingerprint density at radius 1 is 1.27 bits per heavy atom. The van der Waals surface area contributed by atoms with Crippen LogP contribution in [0, 0.1) is 5.82 Å². The predicted octanol–water partition coefficient (Wildman–Crippen LogP) is 2.26. The van der Waals surface area contributed by atoms with Gasteiger partial charge in [-0.2, -0.15) is 0 Å². The Morgan fingerprint density at radius 2 is 2.04 bits per heavy atom. The van der Waals surface area contributed by atoms with Crippen LogP contribution in [0.15, 0.2) is 35.8 Å². The molecule has 0 bridgehead atoms. The van der Waals surface area contributed by atoms with E-state index in [-0.39, 0.29) is 11.7 Å². The maximum atomic E-state index is 13.1. The summed E-state index contributed by atoms with van der Waals surface area (Å²) in [6.07, 6.45) is 1.82. The second-order valence-electron chi connectivity index (χ2n) is 6.12. The Labute approximate surface area is 154 Å². The third-order valence-electron chi connectivity index (χ3n) is 4.40. The fourth-order valence-electron chi connectivity index (χ4n) is 2.95. The van der Waals surface area contributed by atoms with Crippen LogP contribution in [0.2, 0.25) is 0 Å². The molecule has 0 radical (unpaired) electrons. The topological polar surface area (TPSA) is 58.9 Å². The average Bonchev–Trinajstić information content (AvgIpc) is 3.24. The summed E-state index contributed by atoms with van der Waals surface area (Å²) >= 11 is 1.41. The number of aromatic nitrogens is 2. The SMILES string of the molecule is O=C(NCCN1CCOCC1)c1csc2nc(-c3ccc(F)cc3)cn12. The first kappa shape index (κ1) is 17.1. The predicted molar refractivity (Wildman–Crippen MR) is 98.1 cm³/mol. The number of carbonyl (C=O) groups excluding carboxylic acids is 1. The summed E-state index contributed by atoms with van der Waals surface area (Å²) in [5, 5.41) is 4.77. The zero-order chi connectivity index (χ0) is 17.9. The molecule has 8 heteroatoms. The van der Waals surface area contributed by atoms with Crippen LogP contribution in [0.5, 0.6) is 0 Å². The van der Waals surface area contributed by atoms with Crippen molar-refractivity contribution in [3.8, 4) is 11.3 Å². The highest BCUT2D eigenvalue weighted by Gasteiger charge is 2.16. The number of rotatable bonds is 5. The molecular weight excluding hydrogens is 355 g/mol. The molecule has 26 heavy (non-hydrogen) atoms. The number of ether oxygens (including phenoxy) is 1. The number of benzene rings is 1. The average molecular weight is 374 g/mol. The van der Waals surface area contributed by atoms with Crippen LogP contribution < -0.4 is 5.32 Å². The molecule has 1 saturated heterocycles. The lowest BCUT2D eigenvalue weighted by molar-refractivity contribution is 0.0383. The van der Waals surface area contributed by atoms with Gasteiger partial charge in [-0.25, -0.2) is 9.37 Å². The lowest BCUT2D eigenvalue weighted by atomic mass is 10.2. The number of amides is 1. The monoisotopic (exact) mass is 374 g/mol. The number of carbonyl (C=O) groups is 1. The van der Waals surface area contributed by atoms with Crippen molar-refractivity contribution in [1.82, 2.24) is 19.6 Å². The maximum Gasteiger partial charge on any atom is 0.269 e. The van der Waals surface area contributed by atoms with E-state index in [0.29, 0.717) is 12.2 Å². The molecule has 0 saturated carbocycles. The number of imidazole rings is 1. The summed E-state index contributed by atoms with van der Waals surface area (Å²) in [4.78, 5) is 20.0. The number of morpholine rings is 1. The highest BCUT2D eigenvalue weighted by atomic mass is 32.1. The Balaban J connectivity index is 1.44. The number of fused-ring (bicyclic) bond motifs is 1. The zero-order valence-electron chi connectivity index (χ0n) is 14.2. The van der Waals surface area contributed by atoms with Gasteiger partial charge in [0, 0.05) is 43.3 Å². The third kappa shape index (κ3) is 3.62. The molecule has 3 heterocycles. The largest absolute Gasteiger partial charge is 0.379 e. The van der Waals surface area contributed by atoms with Gasteiger partial charge in [-0.1, -0.05) is 0 Å². The van der Waals surface area contributed by atoms with Crippen LogP contribution in [0.4, 0.5) is 4.39 Å². The van der Waals surface area contributed by atoms with Gasteiger partial charge in [-0.15, -0.1) is 11.3 Å². The lowest BCUT2D eigenvalue weighted by Gasteiger charge is -2.26. The van der Waals surface area contributed by atoms with Crippen LogP contribution in [0.3, 0.4) is 0 Å². The van der Waals surface area contributed by atoms with Crippen molar-refractivity contribution in [2.45, 2.75) is 0 Å². The van der Waals surface area contributed by atoms with Crippen molar-refractivity contribution in [1.29, 1.82) is 0 Å². The van der Waals surface area contributed by atoms with E-state index < -0.39 is 0 Å². The second-order valence-corrected chi connectivity index (χ2v) is 6.95. The molecule has 2 aromatic heterocycles. The van der Waals surface area contributed by atoms with Crippen molar-refractivity contribution < 1.29 is 13.9 Å². The van der Waals surface area contributed by atoms with E-state index in [1.54, 1.807) is 21.9 Å². The number of halogens is 1. The molecule has 0 unspecified atom stereocenters. The highest BCUT2D eigenvalue weighted by molar-refractivity contribution is 7.15. The molecule has 1 aliphatic rings. The first-order chi connectivity index (χ1) is 12.7. The van der Waals surface area contributed by atoms with Crippen molar-refractivity contribution in [2.24, 2.45) is 0 Å². The lowest BCUT2D eigenvalue weighted by Crippen LogP contribution is -2.41. The molecule has 0 aliphatic carbocycles. The van der Waals surface area contributed by atoms with Gasteiger partial charge in [0.05, 0.1) is 18.9 Å². The van der Waals surface area contributed by atoms with Gasteiger partial charge in [-0.05, 0) is 24.3 Å². The molecule has 136 valence electrons. The summed E-state index contributed by atoms with van der Waals surface area (Å²) in [6, 6.07) is 6.18. The van der Waals surface area contributed by atoms with Gasteiger partial charge in [0.25, 0.3) is 5.91 Å². The Morgan fingerprint density at radius 3 is 2.81 bits per heavy atom. The Kier molecular flexibility index (Phi) is 4.96. The second kappa shape index (κ2) is 7.53. The van der Waals surface area contributed by atoms with Crippen molar-refractivity contribution in [3.63, 3.8) is 0 Å². The zero-order valence-corrected chi connectivity index (χ0v) is 15.0. The first-order valence-corrected chi connectivity index (χ1v) is 9.39. The molecule has 3 aromatic rings. The smallest absolute Gasteiger partial charge is 0.269 e. The number of nitrogens with zero attached hydrogens (tertiary/aromatic N) is 3. The van der Waals surface area contributed by atoms with E-state index >= 15 is 0 Å². The minimum Gasteiger partial charge on any atom is -0.379 e. The van der Waals surface area contributed by atoms with Gasteiger partial charge in [0.1, 0.15) is 11.5 Å². The Bertz CT molecular complexity index is 900. The molecular formula is C18H19FN4O2S. The fourth-order valence-corrected chi connectivity index (χ4v) is 3.80. The summed E-state index contributed by atoms with van der Waals surface area (Å²) in [5.74, 6) is -0.400. The van der Waals surface area contributed by atoms with Crippen LogP contribution in [-0.2, 0) is 4.74 Å². The van der Waals surface area contributed by atoms with Crippen LogP contribution in [0.1, 0.15) is 10.5 Å². The van der Waals surface area contributed by atoms with Gasteiger partial charge >= 0.3 is 0 Å². The molecule has 1 amide bonds. The maximum absolute atomic E-state index is 13.1. The van der Waals surface area contributed by atoms with Crippen LogP contribution in [0.25, 0.3) is 16.2 Å². The van der Waals surface area contributed by atoms with Gasteiger partial charge in [0.2, 0.25) is 0 Å². The molecule has 6 nitrogen and oxygen atoms in total. The summed E-state index contributed by atoms with van der Waals surface area (Å²) < 4.78 is 20.2. The van der Waals surface area contributed by atoms with Gasteiger partial charge < -0.3 is 10.1 Å². The number of hydrogen-bond donors (Lipinski definition) is 1. The molecule has 0 atom stereocenters. The van der Waals surface area contributed by atoms with E-state index in [1.165, 1.54) is 23.5 Å². The van der Waals surface area contributed by atoms with E-state index in [1.807, 2.05) is 6.20 Å². The molecule has 4 rings (SSSR count). The number of nitrogens with one attached hydrogen (secondary N) is 1. The number of thiazole rings is 1. The van der Waals surface area contributed by atoms with Crippen LogP contribution >= 0.6 is 11.3 Å². The van der Waals surface area contributed by atoms with Crippen molar-refractivity contribution in [2.75, 3.05) is 39.4 Å². The molecule has 0 spiro atoms. The van der Waals surface area contributed by atoms with Gasteiger partial charge in [-0.3, -0.25) is 14.1 Å². The normalized spacial score (nSPS) is 15.4. The fraction of sp³-hybridized carbons (Fsp3) is 0.333. The highest BCUT2D eigenvalue weighted by Crippen LogP contribution is 2.23. The minimum absolute atomic E-state index is 0.118. The quantitative estimate of drug-likeness (QED) is 0.744. The summed E-state index contributed by atoms with van der Waals surface area (Å²) in [6.45, 7) is 4.71. The molecule has 1 aromatic carbocycles. The minimum atomic E-state index is -0.282. The van der Waals surface area contributed by atoms with E-state index in [0.717, 1.165) is 49.1 Å².